The minimum atomic E-state index is -0.167. The fourth-order valence-corrected chi connectivity index (χ4v) is 2.99. The van der Waals surface area contributed by atoms with Crippen LogP contribution in [0.1, 0.15) is 18.5 Å². The van der Waals surface area contributed by atoms with E-state index in [1.165, 1.54) is 11.3 Å². The quantitative estimate of drug-likeness (QED) is 0.709. The molecule has 5 nitrogen and oxygen atoms in total. The zero-order valence-corrected chi connectivity index (χ0v) is 14.6. The van der Waals surface area contributed by atoms with Crippen LogP contribution in [0.25, 0.3) is 11.3 Å². The lowest BCUT2D eigenvalue weighted by molar-refractivity contribution is -0.123. The van der Waals surface area contributed by atoms with Gasteiger partial charge < -0.3 is 15.8 Å². The molecular weight excluding hydrogens is 334 g/mol. The molecule has 1 amide bonds. The molecule has 0 aliphatic carbocycles. The Morgan fingerprint density at radius 1 is 1.24 bits per heavy atom. The number of aromatic nitrogens is 1. The van der Waals surface area contributed by atoms with Gasteiger partial charge in [-0.3, -0.25) is 4.79 Å². The third-order valence-corrected chi connectivity index (χ3v) is 4.37. The van der Waals surface area contributed by atoms with Gasteiger partial charge in [0.05, 0.1) is 11.7 Å². The summed E-state index contributed by atoms with van der Waals surface area (Å²) >= 11 is 1.39. The normalized spacial score (nSPS) is 11.7. The number of benzene rings is 2. The number of hydrogen-bond donors (Lipinski definition) is 2. The van der Waals surface area contributed by atoms with Gasteiger partial charge in [0.25, 0.3) is 5.91 Å². The third-order valence-electron chi connectivity index (χ3n) is 3.70. The van der Waals surface area contributed by atoms with Gasteiger partial charge in [-0.1, -0.05) is 42.5 Å². The molecule has 0 radical (unpaired) electrons. The van der Waals surface area contributed by atoms with E-state index in [1.54, 1.807) is 0 Å². The van der Waals surface area contributed by atoms with Crippen molar-refractivity contribution in [3.8, 4) is 17.0 Å². The summed E-state index contributed by atoms with van der Waals surface area (Å²) < 4.78 is 5.61. The van der Waals surface area contributed by atoms with Gasteiger partial charge in [0.15, 0.2) is 11.7 Å². The first-order valence-electron chi connectivity index (χ1n) is 7.90. The Bertz CT molecular complexity index is 849. The molecule has 0 bridgehead atoms. The van der Waals surface area contributed by atoms with Gasteiger partial charge in [-0.25, -0.2) is 4.98 Å². The molecule has 0 aliphatic rings. The van der Waals surface area contributed by atoms with Crippen LogP contribution in [-0.4, -0.2) is 17.5 Å². The van der Waals surface area contributed by atoms with E-state index >= 15 is 0 Å². The molecule has 0 spiro atoms. The summed E-state index contributed by atoms with van der Waals surface area (Å²) in [5.74, 6) is 0.450. The highest BCUT2D eigenvalue weighted by Crippen LogP contribution is 2.26. The second kappa shape index (κ2) is 7.81. The van der Waals surface area contributed by atoms with Gasteiger partial charge in [-0.15, -0.1) is 11.3 Å². The van der Waals surface area contributed by atoms with E-state index in [0.29, 0.717) is 10.9 Å². The van der Waals surface area contributed by atoms with Gasteiger partial charge in [-0.2, -0.15) is 0 Å². The molecular formula is C19H19N3O2S. The second-order valence-electron chi connectivity index (χ2n) is 5.59. The molecule has 6 heteroatoms. The topological polar surface area (TPSA) is 77.2 Å². The van der Waals surface area contributed by atoms with Gasteiger partial charge in [0, 0.05) is 10.9 Å². The Balaban J connectivity index is 1.57. The van der Waals surface area contributed by atoms with Crippen molar-refractivity contribution < 1.29 is 9.53 Å². The number of nitrogens with one attached hydrogen (secondary N) is 1. The number of ether oxygens (including phenoxy) is 1. The highest BCUT2D eigenvalue weighted by atomic mass is 32.1. The fraction of sp³-hybridized carbons (Fsp3) is 0.158. The highest BCUT2D eigenvalue weighted by molar-refractivity contribution is 7.13. The first kappa shape index (κ1) is 17.0. The van der Waals surface area contributed by atoms with Crippen LogP contribution in [0.3, 0.4) is 0 Å². The number of rotatable bonds is 6. The molecule has 2 aromatic carbocycles. The summed E-state index contributed by atoms with van der Waals surface area (Å²) in [7, 11) is 0. The number of amides is 1. The standard InChI is InChI=1S/C19H19N3O2S/c1-13(14-6-3-2-4-7-14)21-18(23)11-24-16-9-5-8-15(10-16)17-12-25-19(20)22-17/h2-10,12-13H,11H2,1H3,(H2,20,22)(H,21,23). The molecule has 0 fully saturated rings. The van der Waals surface area contributed by atoms with E-state index in [2.05, 4.69) is 10.3 Å². The van der Waals surface area contributed by atoms with Crippen molar-refractivity contribution in [2.24, 2.45) is 0 Å². The van der Waals surface area contributed by atoms with E-state index in [9.17, 15) is 4.79 Å². The molecule has 0 saturated carbocycles. The zero-order chi connectivity index (χ0) is 17.6. The van der Waals surface area contributed by atoms with E-state index < -0.39 is 0 Å². The summed E-state index contributed by atoms with van der Waals surface area (Å²) in [5.41, 5.74) is 8.43. The summed E-state index contributed by atoms with van der Waals surface area (Å²) in [6.45, 7) is 1.90. The monoisotopic (exact) mass is 353 g/mol. The number of carbonyl (C=O) groups excluding carboxylic acids is 1. The second-order valence-corrected chi connectivity index (χ2v) is 6.48. The molecule has 0 saturated heterocycles. The van der Waals surface area contributed by atoms with Crippen molar-refractivity contribution in [1.29, 1.82) is 0 Å². The number of nitrogens with zero attached hydrogens (tertiary/aromatic N) is 1. The molecule has 128 valence electrons. The van der Waals surface area contributed by atoms with Crippen LogP contribution in [0.5, 0.6) is 5.75 Å². The summed E-state index contributed by atoms with van der Waals surface area (Å²) in [6, 6.07) is 17.2. The number of anilines is 1. The summed E-state index contributed by atoms with van der Waals surface area (Å²) in [6.07, 6.45) is 0. The van der Waals surface area contributed by atoms with Crippen LogP contribution in [0.15, 0.2) is 60.0 Å². The van der Waals surface area contributed by atoms with Gasteiger partial charge >= 0.3 is 0 Å². The fourth-order valence-electron chi connectivity index (χ4n) is 2.42. The predicted octanol–water partition coefficient (Wildman–Crippen LogP) is 3.65. The van der Waals surface area contributed by atoms with Crippen LogP contribution in [0.4, 0.5) is 5.13 Å². The lowest BCUT2D eigenvalue weighted by atomic mass is 10.1. The van der Waals surface area contributed by atoms with E-state index in [1.807, 2.05) is 66.9 Å². The van der Waals surface area contributed by atoms with Crippen LogP contribution in [-0.2, 0) is 4.79 Å². The SMILES string of the molecule is CC(NC(=O)COc1cccc(-c2csc(N)n2)c1)c1ccccc1. The highest BCUT2D eigenvalue weighted by Gasteiger charge is 2.10. The molecule has 3 N–H and O–H groups in total. The van der Waals surface area contributed by atoms with Crippen molar-refractivity contribution >= 4 is 22.4 Å². The number of nitrogen functional groups attached to an aromatic ring is 1. The minimum absolute atomic E-state index is 0.0418. The number of thiazole rings is 1. The maximum atomic E-state index is 12.1. The molecule has 1 unspecified atom stereocenters. The first-order valence-corrected chi connectivity index (χ1v) is 8.78. The number of carbonyl (C=O) groups is 1. The molecule has 0 aliphatic heterocycles. The average molecular weight is 353 g/mol. The Hall–Kier alpha value is -2.86. The van der Waals surface area contributed by atoms with Crippen LogP contribution in [0.2, 0.25) is 0 Å². The Morgan fingerprint density at radius 2 is 2.04 bits per heavy atom. The Kier molecular flexibility index (Phi) is 5.30. The van der Waals surface area contributed by atoms with Crippen molar-refractivity contribution in [2.45, 2.75) is 13.0 Å². The van der Waals surface area contributed by atoms with Crippen molar-refractivity contribution in [1.82, 2.24) is 10.3 Å². The lowest BCUT2D eigenvalue weighted by Crippen LogP contribution is -2.31. The van der Waals surface area contributed by atoms with Gasteiger partial charge in [-0.05, 0) is 24.6 Å². The maximum Gasteiger partial charge on any atom is 0.258 e. The average Bonchev–Trinajstić information content (AvgIpc) is 3.07. The van der Waals surface area contributed by atoms with Crippen molar-refractivity contribution in [2.75, 3.05) is 12.3 Å². The zero-order valence-electron chi connectivity index (χ0n) is 13.8. The van der Waals surface area contributed by atoms with Crippen LogP contribution in [0, 0.1) is 0 Å². The third kappa shape index (κ3) is 4.58. The number of hydrogen-bond acceptors (Lipinski definition) is 5. The minimum Gasteiger partial charge on any atom is -0.484 e. The molecule has 3 rings (SSSR count). The lowest BCUT2D eigenvalue weighted by Gasteiger charge is -2.14. The van der Waals surface area contributed by atoms with E-state index in [0.717, 1.165) is 16.8 Å². The number of nitrogens with two attached hydrogens (primary N) is 1. The Morgan fingerprint density at radius 3 is 2.76 bits per heavy atom. The first-order chi connectivity index (χ1) is 12.1. The van der Waals surface area contributed by atoms with Crippen molar-refractivity contribution in [3.05, 3.63) is 65.5 Å². The van der Waals surface area contributed by atoms with Gasteiger partial charge in [0.1, 0.15) is 5.75 Å². The largest absolute Gasteiger partial charge is 0.484 e. The molecule has 25 heavy (non-hydrogen) atoms. The van der Waals surface area contributed by atoms with Crippen molar-refractivity contribution in [3.63, 3.8) is 0 Å². The molecule has 1 heterocycles. The van der Waals surface area contributed by atoms with Crippen LogP contribution < -0.4 is 15.8 Å². The Labute approximate surface area is 150 Å². The van der Waals surface area contributed by atoms with E-state index in [4.69, 9.17) is 10.5 Å². The molecule has 1 atom stereocenters. The van der Waals surface area contributed by atoms with E-state index in [-0.39, 0.29) is 18.6 Å². The summed E-state index contributed by atoms with van der Waals surface area (Å²) in [4.78, 5) is 16.3. The van der Waals surface area contributed by atoms with Gasteiger partial charge in [0.2, 0.25) is 0 Å². The smallest absolute Gasteiger partial charge is 0.258 e. The maximum absolute atomic E-state index is 12.1. The molecule has 3 aromatic rings. The molecule has 1 aromatic heterocycles. The predicted molar refractivity (Wildman–Crippen MR) is 100 cm³/mol. The summed E-state index contributed by atoms with van der Waals surface area (Å²) in [5, 5.41) is 5.34. The van der Waals surface area contributed by atoms with Crippen LogP contribution >= 0.6 is 11.3 Å².